The average Bonchev–Trinajstić information content (AvgIpc) is 2.80. The fourth-order valence-corrected chi connectivity index (χ4v) is 4.61. The lowest BCUT2D eigenvalue weighted by Gasteiger charge is -2.19. The molecule has 0 aliphatic carbocycles. The molecule has 2 heteroatoms. The van der Waals surface area contributed by atoms with Crippen molar-refractivity contribution in [3.8, 4) is 0 Å². The van der Waals surface area contributed by atoms with E-state index < -0.39 is 0 Å². The molecule has 0 aromatic carbocycles. The molecule has 0 saturated heterocycles. The van der Waals surface area contributed by atoms with Crippen LogP contribution in [0, 0.1) is 11.8 Å². The van der Waals surface area contributed by atoms with Gasteiger partial charge in [0.05, 0.1) is 12.5 Å². The smallest absolute Gasteiger partial charge is 0.308 e. The molecule has 0 amide bonds. The lowest BCUT2D eigenvalue weighted by Crippen LogP contribution is -2.20. The zero-order valence-electron chi connectivity index (χ0n) is 22.7. The minimum absolute atomic E-state index is 0.0457. The fraction of sp³-hybridized carbons (Fsp3) is 0.967. The highest BCUT2D eigenvalue weighted by molar-refractivity contribution is 5.71. The van der Waals surface area contributed by atoms with Gasteiger partial charge in [-0.1, -0.05) is 150 Å². The second kappa shape index (κ2) is 25.1. The number of ether oxygens (including phenoxy) is 1. The Balaban J connectivity index is 4.13. The molecule has 2 unspecified atom stereocenters. The van der Waals surface area contributed by atoms with Gasteiger partial charge in [0.15, 0.2) is 0 Å². The van der Waals surface area contributed by atoms with Gasteiger partial charge in [-0.05, 0) is 25.2 Å². The summed E-state index contributed by atoms with van der Waals surface area (Å²) >= 11 is 0. The van der Waals surface area contributed by atoms with Crippen LogP contribution in [0.2, 0.25) is 0 Å². The Hall–Kier alpha value is -0.530. The third kappa shape index (κ3) is 21.3. The van der Waals surface area contributed by atoms with Gasteiger partial charge in [0.1, 0.15) is 0 Å². The Morgan fingerprint density at radius 2 is 0.875 bits per heavy atom. The van der Waals surface area contributed by atoms with E-state index in [0.717, 1.165) is 12.8 Å². The molecule has 0 fully saturated rings. The van der Waals surface area contributed by atoms with Gasteiger partial charge < -0.3 is 4.74 Å². The van der Waals surface area contributed by atoms with E-state index >= 15 is 0 Å². The van der Waals surface area contributed by atoms with E-state index in [0.29, 0.717) is 12.5 Å². The Bertz CT molecular complexity index is 379. The summed E-state index contributed by atoms with van der Waals surface area (Å²) in [5.41, 5.74) is 0. The van der Waals surface area contributed by atoms with Crippen molar-refractivity contribution in [2.75, 3.05) is 6.61 Å². The average molecular weight is 453 g/mol. The summed E-state index contributed by atoms with van der Waals surface area (Å²) in [7, 11) is 0. The molecule has 0 aromatic rings. The van der Waals surface area contributed by atoms with Gasteiger partial charge in [-0.25, -0.2) is 0 Å². The third-order valence-corrected chi connectivity index (χ3v) is 7.04. The highest BCUT2D eigenvalue weighted by atomic mass is 16.5. The first kappa shape index (κ1) is 31.5. The number of esters is 1. The summed E-state index contributed by atoms with van der Waals surface area (Å²) < 4.78 is 5.82. The second-order valence-electron chi connectivity index (χ2n) is 10.4. The SMILES string of the molecule is CCCCCCCCCCC(CCCCCCCC)COC(=O)C(C)CCCCCCC. The topological polar surface area (TPSA) is 26.3 Å². The van der Waals surface area contributed by atoms with Crippen LogP contribution in [-0.2, 0) is 9.53 Å². The van der Waals surface area contributed by atoms with Crippen LogP contribution in [-0.4, -0.2) is 12.6 Å². The number of carbonyl (C=O) groups excluding carboxylic acids is 1. The summed E-state index contributed by atoms with van der Waals surface area (Å²) in [6.45, 7) is 9.52. The van der Waals surface area contributed by atoms with Gasteiger partial charge in [-0.15, -0.1) is 0 Å². The highest BCUT2D eigenvalue weighted by Gasteiger charge is 2.17. The Morgan fingerprint density at radius 3 is 1.28 bits per heavy atom. The molecule has 32 heavy (non-hydrogen) atoms. The van der Waals surface area contributed by atoms with E-state index in [1.165, 1.54) is 128 Å². The first-order valence-electron chi connectivity index (χ1n) is 14.8. The van der Waals surface area contributed by atoms with Gasteiger partial charge in [-0.2, -0.15) is 0 Å². The fourth-order valence-electron chi connectivity index (χ4n) is 4.61. The second-order valence-corrected chi connectivity index (χ2v) is 10.4. The van der Waals surface area contributed by atoms with Crippen molar-refractivity contribution in [2.24, 2.45) is 11.8 Å². The normalized spacial score (nSPS) is 13.2. The highest BCUT2D eigenvalue weighted by Crippen LogP contribution is 2.21. The van der Waals surface area contributed by atoms with Crippen LogP contribution < -0.4 is 0 Å². The monoisotopic (exact) mass is 452 g/mol. The van der Waals surface area contributed by atoms with E-state index in [1.807, 2.05) is 0 Å². The molecule has 2 nitrogen and oxygen atoms in total. The quantitative estimate of drug-likeness (QED) is 0.102. The van der Waals surface area contributed by atoms with Crippen LogP contribution in [0.4, 0.5) is 0 Å². The molecule has 0 heterocycles. The molecule has 0 aliphatic rings. The van der Waals surface area contributed by atoms with E-state index in [2.05, 4.69) is 27.7 Å². The van der Waals surface area contributed by atoms with Crippen LogP contribution >= 0.6 is 0 Å². The predicted octanol–water partition coefficient (Wildman–Crippen LogP) is 10.4. The van der Waals surface area contributed by atoms with Crippen LogP contribution in [0.5, 0.6) is 0 Å². The minimum atomic E-state index is 0.0457. The maximum absolute atomic E-state index is 12.5. The summed E-state index contributed by atoms with van der Waals surface area (Å²) in [6, 6.07) is 0. The van der Waals surface area contributed by atoms with Crippen molar-refractivity contribution in [3.05, 3.63) is 0 Å². The summed E-state index contributed by atoms with van der Waals surface area (Å²) in [5, 5.41) is 0. The van der Waals surface area contributed by atoms with Crippen LogP contribution in [0.3, 0.4) is 0 Å². The van der Waals surface area contributed by atoms with Gasteiger partial charge in [0.2, 0.25) is 0 Å². The van der Waals surface area contributed by atoms with E-state index in [4.69, 9.17) is 4.74 Å². The van der Waals surface area contributed by atoms with Crippen molar-refractivity contribution in [2.45, 2.75) is 169 Å². The first-order valence-corrected chi connectivity index (χ1v) is 14.8. The number of carbonyl (C=O) groups is 1. The number of rotatable bonds is 25. The number of hydrogen-bond donors (Lipinski definition) is 0. The Labute approximate surface area is 203 Å². The first-order chi connectivity index (χ1) is 15.7. The molecule has 0 spiro atoms. The van der Waals surface area contributed by atoms with Crippen LogP contribution in [0.25, 0.3) is 0 Å². The lowest BCUT2D eigenvalue weighted by atomic mass is 9.94. The molecule has 0 N–H and O–H groups in total. The van der Waals surface area contributed by atoms with E-state index in [-0.39, 0.29) is 11.9 Å². The van der Waals surface area contributed by atoms with Crippen molar-refractivity contribution in [3.63, 3.8) is 0 Å². The molecule has 0 bridgehead atoms. The standard InChI is InChI=1S/C30H60O2/c1-5-8-11-14-16-17-20-23-26-29(25-22-19-15-12-9-6-2)27-32-30(31)28(4)24-21-18-13-10-7-3/h28-29H,5-27H2,1-4H3. The molecule has 0 rings (SSSR count). The van der Waals surface area contributed by atoms with Crippen molar-refractivity contribution in [1.82, 2.24) is 0 Å². The van der Waals surface area contributed by atoms with Gasteiger partial charge in [0.25, 0.3) is 0 Å². The Morgan fingerprint density at radius 1 is 0.531 bits per heavy atom. The number of hydrogen-bond acceptors (Lipinski definition) is 2. The number of unbranched alkanes of at least 4 members (excludes halogenated alkanes) is 16. The zero-order valence-corrected chi connectivity index (χ0v) is 22.7. The summed E-state index contributed by atoms with van der Waals surface area (Å²) in [5.74, 6) is 0.681. The Kier molecular flexibility index (Phi) is 24.7. The van der Waals surface area contributed by atoms with Crippen molar-refractivity contribution >= 4 is 5.97 Å². The van der Waals surface area contributed by atoms with Crippen molar-refractivity contribution in [1.29, 1.82) is 0 Å². The summed E-state index contributed by atoms with van der Waals surface area (Å²) in [4.78, 5) is 12.5. The third-order valence-electron chi connectivity index (χ3n) is 7.04. The largest absolute Gasteiger partial charge is 0.465 e. The van der Waals surface area contributed by atoms with Gasteiger partial charge >= 0.3 is 5.97 Å². The van der Waals surface area contributed by atoms with Crippen LogP contribution in [0.1, 0.15) is 169 Å². The molecule has 192 valence electrons. The van der Waals surface area contributed by atoms with E-state index in [9.17, 15) is 4.79 Å². The molecule has 0 aliphatic heterocycles. The maximum Gasteiger partial charge on any atom is 0.308 e. The summed E-state index contributed by atoms with van der Waals surface area (Å²) in [6.07, 6.45) is 28.8. The van der Waals surface area contributed by atoms with Crippen LogP contribution in [0.15, 0.2) is 0 Å². The molecule has 0 saturated carbocycles. The van der Waals surface area contributed by atoms with E-state index in [1.54, 1.807) is 0 Å². The van der Waals surface area contributed by atoms with Gasteiger partial charge in [-0.3, -0.25) is 4.79 Å². The zero-order chi connectivity index (χ0) is 23.7. The molecule has 2 atom stereocenters. The lowest BCUT2D eigenvalue weighted by molar-refractivity contribution is -0.149. The maximum atomic E-state index is 12.5. The molecule has 0 aromatic heterocycles. The molecular formula is C30H60O2. The molecule has 0 radical (unpaired) electrons. The molecular weight excluding hydrogens is 392 g/mol. The van der Waals surface area contributed by atoms with Gasteiger partial charge in [0, 0.05) is 0 Å². The predicted molar refractivity (Wildman–Crippen MR) is 142 cm³/mol. The van der Waals surface area contributed by atoms with Crippen molar-refractivity contribution < 1.29 is 9.53 Å². The minimum Gasteiger partial charge on any atom is -0.465 e.